The third kappa shape index (κ3) is 3.07. The van der Waals surface area contributed by atoms with E-state index in [-0.39, 0.29) is 17.0 Å². The highest BCUT2D eigenvalue weighted by Crippen LogP contribution is 2.24. The molecule has 1 amide bonds. The summed E-state index contributed by atoms with van der Waals surface area (Å²) in [6, 6.07) is 11.4. The zero-order chi connectivity index (χ0) is 14.5. The van der Waals surface area contributed by atoms with E-state index >= 15 is 0 Å². The first-order valence-electron chi connectivity index (χ1n) is 5.86. The molecule has 0 heterocycles. The second-order valence-electron chi connectivity index (χ2n) is 4.21. The van der Waals surface area contributed by atoms with Crippen LogP contribution >= 0.6 is 0 Å². The number of aromatic hydroxyl groups is 1. The summed E-state index contributed by atoms with van der Waals surface area (Å²) in [6.07, 6.45) is 0. The highest BCUT2D eigenvalue weighted by Gasteiger charge is 2.12. The number of hydrogen-bond donors (Lipinski definition) is 2. The summed E-state index contributed by atoms with van der Waals surface area (Å²) in [5, 5.41) is 15.8. The molecule has 0 aliphatic carbocycles. The van der Waals surface area contributed by atoms with Crippen LogP contribution in [-0.4, -0.2) is 11.0 Å². The average molecular weight is 268 g/mol. The maximum atomic E-state index is 12.1. The van der Waals surface area contributed by atoms with Crippen molar-refractivity contribution < 1.29 is 9.90 Å². The Morgan fingerprint density at radius 3 is 2.80 bits per heavy atom. The molecule has 0 fully saturated rings. The maximum Gasteiger partial charge on any atom is 0.259 e. The van der Waals surface area contributed by atoms with E-state index in [1.54, 1.807) is 6.07 Å². The van der Waals surface area contributed by atoms with Gasteiger partial charge in [-0.1, -0.05) is 17.2 Å². The van der Waals surface area contributed by atoms with Crippen LogP contribution in [0, 0.1) is 6.92 Å². The first-order chi connectivity index (χ1) is 9.60. The van der Waals surface area contributed by atoms with E-state index in [1.165, 1.54) is 18.2 Å². The van der Waals surface area contributed by atoms with Gasteiger partial charge in [0.2, 0.25) is 0 Å². The van der Waals surface area contributed by atoms with Gasteiger partial charge in [-0.2, -0.15) is 0 Å². The molecule has 6 nitrogen and oxygen atoms in total. The molecule has 6 heteroatoms. The van der Waals surface area contributed by atoms with E-state index in [0.717, 1.165) is 5.56 Å². The molecule has 2 aromatic rings. The molecule has 0 spiro atoms. The Balaban J connectivity index is 2.29. The molecule has 0 bridgehead atoms. The third-order valence-corrected chi connectivity index (χ3v) is 2.66. The van der Waals surface area contributed by atoms with Gasteiger partial charge in [0.05, 0.1) is 5.56 Å². The van der Waals surface area contributed by atoms with Gasteiger partial charge in [0.15, 0.2) is 0 Å². The van der Waals surface area contributed by atoms with E-state index in [2.05, 4.69) is 15.3 Å². The number of phenols is 1. The molecule has 0 unspecified atom stereocenters. The topological polar surface area (TPSA) is 98.1 Å². The maximum absolute atomic E-state index is 12.1. The van der Waals surface area contributed by atoms with E-state index < -0.39 is 5.91 Å². The monoisotopic (exact) mass is 268 g/mol. The highest BCUT2D eigenvalue weighted by atomic mass is 16.3. The summed E-state index contributed by atoms with van der Waals surface area (Å²) in [4.78, 5) is 14.7. The van der Waals surface area contributed by atoms with Gasteiger partial charge in [-0.3, -0.25) is 4.79 Å². The Hall–Kier alpha value is -2.98. The van der Waals surface area contributed by atoms with Crippen LogP contribution in [0.15, 0.2) is 47.6 Å². The smallest absolute Gasteiger partial charge is 0.259 e. The van der Waals surface area contributed by atoms with Crippen molar-refractivity contribution in [3.05, 3.63) is 64.0 Å². The molecule has 2 aromatic carbocycles. The van der Waals surface area contributed by atoms with Crippen molar-refractivity contribution in [2.45, 2.75) is 6.92 Å². The Kier molecular flexibility index (Phi) is 3.88. The first-order valence-corrected chi connectivity index (χ1v) is 5.86. The number of aryl methyl sites for hydroxylation is 1. The second-order valence-corrected chi connectivity index (χ2v) is 4.21. The number of benzene rings is 2. The van der Waals surface area contributed by atoms with Crippen LogP contribution in [0.4, 0.5) is 11.4 Å². The molecule has 0 atom stereocenters. The predicted octanol–water partition coefficient (Wildman–Crippen LogP) is 3.89. The zero-order valence-corrected chi connectivity index (χ0v) is 10.7. The number of nitrogens with zero attached hydrogens (tertiary/aromatic N) is 3. The lowest BCUT2D eigenvalue weighted by atomic mass is 10.1. The van der Waals surface area contributed by atoms with Crippen LogP contribution < -0.4 is 5.32 Å². The average Bonchev–Trinajstić information content (AvgIpc) is 2.41. The minimum absolute atomic E-state index is 0.0522. The van der Waals surface area contributed by atoms with Gasteiger partial charge >= 0.3 is 0 Å². The molecule has 20 heavy (non-hydrogen) atoms. The lowest BCUT2D eigenvalue weighted by molar-refractivity contribution is 0.102. The fraction of sp³-hybridized carbons (Fsp3) is 0.0714. The Morgan fingerprint density at radius 1 is 1.30 bits per heavy atom. The Morgan fingerprint density at radius 2 is 2.10 bits per heavy atom. The molecular weight excluding hydrogens is 256 g/mol. The van der Waals surface area contributed by atoms with Crippen molar-refractivity contribution in [1.82, 2.24) is 0 Å². The largest absolute Gasteiger partial charge is 0.507 e. The van der Waals surface area contributed by atoms with Gasteiger partial charge in [-0.15, -0.1) is 0 Å². The molecule has 0 saturated heterocycles. The van der Waals surface area contributed by atoms with Crippen LogP contribution in [0.2, 0.25) is 0 Å². The fourth-order valence-electron chi connectivity index (χ4n) is 1.74. The Labute approximate surface area is 115 Å². The van der Waals surface area contributed by atoms with Crippen LogP contribution in [0.1, 0.15) is 15.9 Å². The molecule has 100 valence electrons. The fourth-order valence-corrected chi connectivity index (χ4v) is 1.74. The van der Waals surface area contributed by atoms with Gasteiger partial charge in [-0.25, -0.2) is 0 Å². The van der Waals surface area contributed by atoms with Gasteiger partial charge in [0.1, 0.15) is 5.75 Å². The number of phenolic OH excluding ortho intramolecular Hbond substituents is 1. The van der Waals surface area contributed by atoms with Crippen LogP contribution in [0.5, 0.6) is 5.75 Å². The number of carbonyl (C=O) groups is 1. The van der Waals surface area contributed by atoms with E-state index in [4.69, 9.17) is 5.53 Å². The van der Waals surface area contributed by atoms with Gasteiger partial charge in [0, 0.05) is 16.3 Å². The summed E-state index contributed by atoms with van der Waals surface area (Å²) in [5.41, 5.74) is 10.3. The number of nitrogens with one attached hydrogen (secondary N) is 1. The van der Waals surface area contributed by atoms with E-state index in [1.807, 2.05) is 25.1 Å². The summed E-state index contributed by atoms with van der Waals surface area (Å²) in [6.45, 7) is 1.91. The van der Waals surface area contributed by atoms with E-state index in [0.29, 0.717) is 5.69 Å². The number of amides is 1. The van der Waals surface area contributed by atoms with Crippen molar-refractivity contribution >= 4 is 17.3 Å². The number of rotatable bonds is 3. The van der Waals surface area contributed by atoms with Gasteiger partial charge in [0.25, 0.3) is 5.91 Å². The molecule has 0 aliphatic heterocycles. The van der Waals surface area contributed by atoms with Gasteiger partial charge < -0.3 is 10.4 Å². The van der Waals surface area contributed by atoms with Crippen molar-refractivity contribution in [3.63, 3.8) is 0 Å². The minimum Gasteiger partial charge on any atom is -0.507 e. The van der Waals surface area contributed by atoms with Crippen molar-refractivity contribution in [1.29, 1.82) is 0 Å². The molecule has 2 rings (SSSR count). The number of anilines is 1. The van der Waals surface area contributed by atoms with Crippen molar-refractivity contribution in [3.8, 4) is 5.75 Å². The lowest BCUT2D eigenvalue weighted by Crippen LogP contribution is -2.12. The summed E-state index contributed by atoms with van der Waals surface area (Å²) in [5.74, 6) is -0.643. The zero-order valence-electron chi connectivity index (χ0n) is 10.7. The number of carbonyl (C=O) groups excluding carboxylic acids is 1. The van der Waals surface area contributed by atoms with Crippen LogP contribution in [0.3, 0.4) is 0 Å². The lowest BCUT2D eigenvalue weighted by Gasteiger charge is -2.08. The van der Waals surface area contributed by atoms with E-state index in [9.17, 15) is 9.90 Å². The minimum atomic E-state index is -0.469. The molecule has 0 saturated carbocycles. The number of hydrogen-bond acceptors (Lipinski definition) is 3. The SMILES string of the molecule is Cc1cccc(NC(=O)c2cc(N=[N+]=[N-])ccc2O)c1. The van der Waals surface area contributed by atoms with Crippen LogP contribution in [-0.2, 0) is 0 Å². The molecule has 0 aliphatic rings. The summed E-state index contributed by atoms with van der Waals surface area (Å²) in [7, 11) is 0. The molecule has 0 aromatic heterocycles. The standard InChI is InChI=1S/C14H12N4O2/c1-9-3-2-4-10(7-9)16-14(20)12-8-11(17-18-15)5-6-13(12)19/h2-8,19H,1H3,(H,16,20). The quantitative estimate of drug-likeness (QED) is 0.501. The van der Waals surface area contributed by atoms with Crippen molar-refractivity contribution in [2.24, 2.45) is 5.11 Å². The van der Waals surface area contributed by atoms with Crippen molar-refractivity contribution in [2.75, 3.05) is 5.32 Å². The number of azide groups is 1. The van der Waals surface area contributed by atoms with Crippen LogP contribution in [0.25, 0.3) is 10.4 Å². The van der Waals surface area contributed by atoms with Gasteiger partial charge in [-0.05, 0) is 48.4 Å². The molecular formula is C14H12N4O2. The highest BCUT2D eigenvalue weighted by molar-refractivity contribution is 6.06. The third-order valence-electron chi connectivity index (χ3n) is 2.66. The summed E-state index contributed by atoms with van der Waals surface area (Å²) < 4.78 is 0. The normalized spacial score (nSPS) is 9.65. The second kappa shape index (κ2) is 5.77. The first kappa shape index (κ1) is 13.5. The molecule has 2 N–H and O–H groups in total. The predicted molar refractivity (Wildman–Crippen MR) is 76.0 cm³/mol. The molecule has 0 radical (unpaired) electrons. The Bertz CT molecular complexity index is 706. The summed E-state index contributed by atoms with van der Waals surface area (Å²) >= 11 is 0.